The van der Waals surface area contributed by atoms with Gasteiger partial charge in [-0.2, -0.15) is 0 Å². The summed E-state index contributed by atoms with van der Waals surface area (Å²) in [5.41, 5.74) is 1.75. The summed E-state index contributed by atoms with van der Waals surface area (Å²) in [4.78, 5) is 11.9. The van der Waals surface area contributed by atoms with Crippen LogP contribution < -0.4 is 15.4 Å². The molecule has 0 bridgehead atoms. The third-order valence-corrected chi connectivity index (χ3v) is 4.08. The molecule has 4 nitrogen and oxygen atoms in total. The Bertz CT molecular complexity index is 677. The second-order valence-corrected chi connectivity index (χ2v) is 5.69. The van der Waals surface area contributed by atoms with Crippen LogP contribution >= 0.6 is 23.2 Å². The van der Waals surface area contributed by atoms with Crippen LogP contribution in [0.3, 0.4) is 0 Å². The Morgan fingerprint density at radius 1 is 1.17 bits per heavy atom. The Morgan fingerprint density at radius 2 is 1.96 bits per heavy atom. The zero-order valence-electron chi connectivity index (χ0n) is 12.7. The quantitative estimate of drug-likeness (QED) is 0.797. The van der Waals surface area contributed by atoms with E-state index in [1.54, 1.807) is 25.3 Å². The summed E-state index contributed by atoms with van der Waals surface area (Å²) >= 11 is 12.0. The predicted molar refractivity (Wildman–Crippen MR) is 94.7 cm³/mol. The van der Waals surface area contributed by atoms with Gasteiger partial charge < -0.3 is 15.4 Å². The Hall–Kier alpha value is -1.91. The number of carbonyl (C=O) groups is 1. The number of anilines is 1. The van der Waals surface area contributed by atoms with E-state index in [2.05, 4.69) is 10.6 Å². The van der Waals surface area contributed by atoms with Gasteiger partial charge in [-0.15, -0.1) is 0 Å². The van der Waals surface area contributed by atoms with Crippen LogP contribution in [-0.4, -0.2) is 26.1 Å². The Morgan fingerprint density at radius 3 is 2.74 bits per heavy atom. The molecule has 0 unspecified atom stereocenters. The molecule has 0 radical (unpaired) electrons. The van der Waals surface area contributed by atoms with Crippen LogP contribution in [0, 0.1) is 0 Å². The van der Waals surface area contributed by atoms with Crippen molar-refractivity contribution < 1.29 is 9.53 Å². The van der Waals surface area contributed by atoms with Gasteiger partial charge in [0.25, 0.3) is 0 Å². The molecule has 2 rings (SSSR count). The maximum atomic E-state index is 11.9. The second-order valence-electron chi connectivity index (χ2n) is 4.91. The summed E-state index contributed by atoms with van der Waals surface area (Å²) in [6.07, 6.45) is 0.737. The SMILES string of the molecule is COc1cccc(CCNC(=O)CNc2cccc(Cl)c2Cl)c1. The van der Waals surface area contributed by atoms with E-state index < -0.39 is 0 Å². The maximum Gasteiger partial charge on any atom is 0.239 e. The van der Waals surface area contributed by atoms with Gasteiger partial charge in [-0.3, -0.25) is 4.79 Å². The minimum Gasteiger partial charge on any atom is -0.497 e. The van der Waals surface area contributed by atoms with Crippen molar-refractivity contribution in [3.63, 3.8) is 0 Å². The van der Waals surface area contributed by atoms with Gasteiger partial charge in [0, 0.05) is 6.54 Å². The van der Waals surface area contributed by atoms with Crippen LogP contribution in [0.4, 0.5) is 5.69 Å². The lowest BCUT2D eigenvalue weighted by Crippen LogP contribution is -2.31. The first-order chi connectivity index (χ1) is 11.1. The number of hydrogen-bond donors (Lipinski definition) is 2. The Labute approximate surface area is 145 Å². The summed E-state index contributed by atoms with van der Waals surface area (Å²) in [6.45, 7) is 0.690. The summed E-state index contributed by atoms with van der Waals surface area (Å²) in [7, 11) is 1.63. The lowest BCUT2D eigenvalue weighted by atomic mass is 10.1. The second kappa shape index (κ2) is 8.65. The fourth-order valence-corrected chi connectivity index (χ4v) is 2.42. The van der Waals surface area contributed by atoms with Crippen LogP contribution in [0.5, 0.6) is 5.75 Å². The van der Waals surface area contributed by atoms with Gasteiger partial charge in [0.2, 0.25) is 5.91 Å². The van der Waals surface area contributed by atoms with Crippen molar-refractivity contribution in [2.75, 3.05) is 25.5 Å². The number of methoxy groups -OCH3 is 1. The molecule has 0 saturated heterocycles. The van der Waals surface area contributed by atoms with E-state index in [-0.39, 0.29) is 12.5 Å². The molecular weight excluding hydrogens is 335 g/mol. The van der Waals surface area contributed by atoms with Crippen molar-refractivity contribution in [2.24, 2.45) is 0 Å². The van der Waals surface area contributed by atoms with E-state index in [1.165, 1.54) is 0 Å². The minimum absolute atomic E-state index is 0.107. The van der Waals surface area contributed by atoms with E-state index in [1.807, 2.05) is 24.3 Å². The lowest BCUT2D eigenvalue weighted by Gasteiger charge is -2.10. The number of nitrogens with one attached hydrogen (secondary N) is 2. The first kappa shape index (κ1) is 17.4. The van der Waals surface area contributed by atoms with E-state index in [0.29, 0.717) is 22.3 Å². The van der Waals surface area contributed by atoms with Crippen molar-refractivity contribution in [2.45, 2.75) is 6.42 Å². The standard InChI is InChI=1S/C17H18Cl2N2O2/c1-23-13-5-2-4-12(10-13)8-9-20-16(22)11-21-15-7-3-6-14(18)17(15)19/h2-7,10,21H,8-9,11H2,1H3,(H,20,22). The Balaban J connectivity index is 1.76. The van der Waals surface area contributed by atoms with Gasteiger partial charge in [0.05, 0.1) is 29.4 Å². The van der Waals surface area contributed by atoms with Crippen molar-refractivity contribution in [1.82, 2.24) is 5.32 Å². The zero-order chi connectivity index (χ0) is 16.7. The number of carbonyl (C=O) groups excluding carboxylic acids is 1. The third-order valence-electron chi connectivity index (χ3n) is 3.26. The summed E-state index contributed by atoms with van der Waals surface area (Å²) in [6, 6.07) is 13.0. The highest BCUT2D eigenvalue weighted by Gasteiger charge is 2.06. The predicted octanol–water partition coefficient (Wildman–Crippen LogP) is 3.77. The monoisotopic (exact) mass is 352 g/mol. The van der Waals surface area contributed by atoms with Gasteiger partial charge in [-0.05, 0) is 36.2 Å². The molecule has 2 N–H and O–H groups in total. The molecule has 0 aliphatic carbocycles. The molecule has 2 aromatic carbocycles. The molecule has 0 fully saturated rings. The number of rotatable bonds is 7. The smallest absolute Gasteiger partial charge is 0.239 e. The van der Waals surface area contributed by atoms with Gasteiger partial charge >= 0.3 is 0 Å². The molecule has 6 heteroatoms. The van der Waals surface area contributed by atoms with Crippen molar-refractivity contribution in [3.05, 3.63) is 58.1 Å². The summed E-state index contributed by atoms with van der Waals surface area (Å²) in [5.74, 6) is 0.704. The average molecular weight is 353 g/mol. The number of hydrogen-bond acceptors (Lipinski definition) is 3. The largest absolute Gasteiger partial charge is 0.497 e. The van der Waals surface area contributed by atoms with Crippen LogP contribution in [0.2, 0.25) is 10.0 Å². The number of benzene rings is 2. The zero-order valence-corrected chi connectivity index (χ0v) is 14.2. The van der Waals surface area contributed by atoms with Gasteiger partial charge in [0.15, 0.2) is 0 Å². The van der Waals surface area contributed by atoms with Crippen LogP contribution in [0.25, 0.3) is 0 Å². The highest BCUT2D eigenvalue weighted by molar-refractivity contribution is 6.43. The first-order valence-corrected chi connectivity index (χ1v) is 7.93. The fraction of sp³-hybridized carbons (Fsp3) is 0.235. The fourth-order valence-electron chi connectivity index (χ4n) is 2.05. The molecule has 0 atom stereocenters. The molecule has 0 saturated carbocycles. The molecular formula is C17H18Cl2N2O2. The van der Waals surface area contributed by atoms with Crippen molar-refractivity contribution >= 4 is 34.8 Å². The molecule has 1 amide bonds. The molecule has 0 spiro atoms. The minimum atomic E-state index is -0.107. The van der Waals surface area contributed by atoms with E-state index in [0.717, 1.165) is 17.7 Å². The average Bonchev–Trinajstić information content (AvgIpc) is 2.56. The molecule has 122 valence electrons. The van der Waals surface area contributed by atoms with Crippen LogP contribution in [0.15, 0.2) is 42.5 Å². The molecule has 0 aromatic heterocycles. The van der Waals surface area contributed by atoms with Gasteiger partial charge in [-0.25, -0.2) is 0 Å². The molecule has 0 aliphatic rings. The first-order valence-electron chi connectivity index (χ1n) is 7.17. The number of ether oxygens (including phenoxy) is 1. The topological polar surface area (TPSA) is 50.4 Å². The summed E-state index contributed by atoms with van der Waals surface area (Å²) < 4.78 is 5.17. The van der Waals surface area contributed by atoms with Crippen molar-refractivity contribution in [3.8, 4) is 5.75 Å². The normalized spacial score (nSPS) is 10.2. The number of halogens is 2. The molecule has 23 heavy (non-hydrogen) atoms. The summed E-state index contributed by atoms with van der Waals surface area (Å²) in [5, 5.41) is 6.70. The molecule has 0 heterocycles. The van der Waals surface area contributed by atoms with Gasteiger partial charge in [-0.1, -0.05) is 41.4 Å². The molecule has 2 aromatic rings. The van der Waals surface area contributed by atoms with Crippen LogP contribution in [0.1, 0.15) is 5.56 Å². The highest BCUT2D eigenvalue weighted by Crippen LogP contribution is 2.29. The lowest BCUT2D eigenvalue weighted by molar-refractivity contribution is -0.119. The highest BCUT2D eigenvalue weighted by atomic mass is 35.5. The van der Waals surface area contributed by atoms with E-state index in [4.69, 9.17) is 27.9 Å². The van der Waals surface area contributed by atoms with E-state index in [9.17, 15) is 4.79 Å². The van der Waals surface area contributed by atoms with Gasteiger partial charge in [0.1, 0.15) is 5.75 Å². The van der Waals surface area contributed by atoms with Crippen molar-refractivity contribution in [1.29, 1.82) is 0 Å². The van der Waals surface area contributed by atoms with E-state index >= 15 is 0 Å². The third kappa shape index (κ3) is 5.34. The van der Waals surface area contributed by atoms with Crippen LogP contribution in [-0.2, 0) is 11.2 Å². The maximum absolute atomic E-state index is 11.9. The number of amides is 1. The molecule has 0 aliphatic heterocycles. The Kier molecular flexibility index (Phi) is 6.56.